The number of hydrogen-bond acceptors (Lipinski definition) is 3. The van der Waals surface area contributed by atoms with Crippen LogP contribution >= 0.6 is 0 Å². The van der Waals surface area contributed by atoms with E-state index in [9.17, 15) is 9.18 Å². The molecule has 0 aliphatic carbocycles. The van der Waals surface area contributed by atoms with Gasteiger partial charge in [0, 0.05) is 38.3 Å². The van der Waals surface area contributed by atoms with Gasteiger partial charge in [-0.3, -0.25) is 9.47 Å². The number of halogens is 1. The maximum absolute atomic E-state index is 14.7. The maximum Gasteiger partial charge on any atom is 0.326 e. The lowest BCUT2D eigenvalue weighted by molar-refractivity contribution is 0.106. The Bertz CT molecular complexity index is 1260. The van der Waals surface area contributed by atoms with Gasteiger partial charge in [0.1, 0.15) is 5.82 Å². The Kier molecular flexibility index (Phi) is 6.37. The van der Waals surface area contributed by atoms with E-state index in [1.165, 1.54) is 0 Å². The Morgan fingerprint density at radius 1 is 0.818 bits per heavy atom. The van der Waals surface area contributed by atoms with Gasteiger partial charge in [-0.25, -0.2) is 9.18 Å². The van der Waals surface area contributed by atoms with Crippen LogP contribution in [0.25, 0.3) is 11.0 Å². The summed E-state index contributed by atoms with van der Waals surface area (Å²) in [5.41, 5.74) is 3.65. The van der Waals surface area contributed by atoms with Gasteiger partial charge in [0.05, 0.1) is 17.1 Å². The first-order chi connectivity index (χ1) is 16.2. The predicted molar refractivity (Wildman–Crippen MR) is 130 cm³/mol. The number of benzene rings is 3. The summed E-state index contributed by atoms with van der Waals surface area (Å²) in [5.74, 6) is -0.155. The van der Waals surface area contributed by atoms with Crippen LogP contribution in [-0.4, -0.2) is 52.1 Å². The van der Waals surface area contributed by atoms with Gasteiger partial charge in [-0.1, -0.05) is 60.7 Å². The van der Waals surface area contributed by atoms with E-state index in [-0.39, 0.29) is 17.5 Å². The van der Waals surface area contributed by atoms with Crippen LogP contribution in [0.4, 0.5) is 4.39 Å². The van der Waals surface area contributed by atoms with Gasteiger partial charge in [-0.05, 0) is 36.7 Å². The largest absolute Gasteiger partial charge is 0.326 e. The van der Waals surface area contributed by atoms with Gasteiger partial charge in [0.15, 0.2) is 0 Å². The third-order valence-corrected chi connectivity index (χ3v) is 6.62. The first kappa shape index (κ1) is 21.6. The standard InChI is InChI=1S/C27H29FN4O/c28-23-12-5-4-11-22(23)26(21-9-2-1-3-10-21)31-19-17-30(18-20-31)15-8-16-32-25-14-7-6-13-24(25)29-27(32)33/h1-7,9-14,26H,8,15-20H2,(H,29,33). The SMILES string of the molecule is O=c1[nH]c2ccccc2n1CCCN1CCN(C(c2ccccc2)c2ccccc2F)CC1. The minimum absolute atomic E-state index is 0.0448. The average molecular weight is 445 g/mol. The fourth-order valence-corrected chi connectivity index (χ4v) is 4.95. The zero-order valence-electron chi connectivity index (χ0n) is 18.7. The van der Waals surface area contributed by atoms with Crippen LogP contribution in [0.1, 0.15) is 23.6 Å². The van der Waals surface area contributed by atoms with Crippen molar-refractivity contribution in [2.45, 2.75) is 19.0 Å². The molecule has 5 rings (SSSR count). The number of fused-ring (bicyclic) bond motifs is 1. The summed E-state index contributed by atoms with van der Waals surface area (Å²) in [7, 11) is 0. The molecule has 1 aliphatic rings. The third-order valence-electron chi connectivity index (χ3n) is 6.62. The molecule has 0 spiro atoms. The van der Waals surface area contributed by atoms with E-state index in [2.05, 4.69) is 26.9 Å². The Hall–Kier alpha value is -3.22. The highest BCUT2D eigenvalue weighted by molar-refractivity contribution is 5.74. The third kappa shape index (κ3) is 4.63. The van der Waals surface area contributed by atoms with E-state index in [1.54, 1.807) is 12.1 Å². The molecule has 2 heterocycles. The van der Waals surface area contributed by atoms with Gasteiger partial charge >= 0.3 is 5.69 Å². The number of imidazole rings is 1. The van der Waals surface area contributed by atoms with Crippen molar-refractivity contribution in [1.29, 1.82) is 0 Å². The van der Waals surface area contributed by atoms with Gasteiger partial charge < -0.3 is 9.88 Å². The molecule has 0 amide bonds. The highest BCUT2D eigenvalue weighted by Crippen LogP contribution is 2.31. The fraction of sp³-hybridized carbons (Fsp3) is 0.296. The zero-order chi connectivity index (χ0) is 22.6. The predicted octanol–water partition coefficient (Wildman–Crippen LogP) is 4.27. The Morgan fingerprint density at radius 3 is 2.30 bits per heavy atom. The molecule has 1 aromatic heterocycles. The number of nitrogens with one attached hydrogen (secondary N) is 1. The van der Waals surface area contributed by atoms with E-state index < -0.39 is 0 Å². The summed E-state index contributed by atoms with van der Waals surface area (Å²) in [4.78, 5) is 20.0. The van der Waals surface area contributed by atoms with Crippen molar-refractivity contribution in [2.75, 3.05) is 32.7 Å². The maximum atomic E-state index is 14.7. The highest BCUT2D eigenvalue weighted by atomic mass is 19.1. The quantitative estimate of drug-likeness (QED) is 0.463. The first-order valence-corrected chi connectivity index (χ1v) is 11.6. The minimum Gasteiger partial charge on any atom is -0.306 e. The van der Waals surface area contributed by atoms with Crippen LogP contribution in [0.3, 0.4) is 0 Å². The summed E-state index contributed by atoms with van der Waals surface area (Å²) < 4.78 is 16.6. The average Bonchev–Trinajstić information content (AvgIpc) is 3.17. The summed E-state index contributed by atoms with van der Waals surface area (Å²) in [5, 5.41) is 0. The molecule has 3 aromatic carbocycles. The van der Waals surface area contributed by atoms with Crippen LogP contribution in [0.5, 0.6) is 0 Å². The molecule has 1 unspecified atom stereocenters. The Labute approximate surface area is 193 Å². The van der Waals surface area contributed by atoms with Gasteiger partial charge in [-0.15, -0.1) is 0 Å². The Morgan fingerprint density at radius 2 is 1.52 bits per heavy atom. The lowest BCUT2D eigenvalue weighted by Gasteiger charge is -2.40. The number of para-hydroxylation sites is 2. The molecule has 33 heavy (non-hydrogen) atoms. The molecule has 0 radical (unpaired) electrons. The van der Waals surface area contributed by atoms with Crippen LogP contribution in [-0.2, 0) is 6.54 Å². The van der Waals surface area contributed by atoms with E-state index in [0.29, 0.717) is 6.54 Å². The summed E-state index contributed by atoms with van der Waals surface area (Å²) in [6.07, 6.45) is 0.914. The molecule has 1 fully saturated rings. The molecule has 6 heteroatoms. The molecule has 5 nitrogen and oxygen atoms in total. The van der Waals surface area contributed by atoms with E-state index in [4.69, 9.17) is 0 Å². The molecule has 1 aliphatic heterocycles. The van der Waals surface area contributed by atoms with Crippen LogP contribution in [0.2, 0.25) is 0 Å². The van der Waals surface area contributed by atoms with Crippen molar-refractivity contribution in [2.24, 2.45) is 0 Å². The van der Waals surface area contributed by atoms with Crippen LogP contribution in [0.15, 0.2) is 83.7 Å². The molecule has 4 aromatic rings. The molecule has 1 saturated heterocycles. The molecule has 1 atom stereocenters. The summed E-state index contributed by atoms with van der Waals surface area (Å²) in [6.45, 7) is 5.25. The number of piperazine rings is 1. The van der Waals surface area contributed by atoms with Crippen LogP contribution in [0, 0.1) is 5.82 Å². The van der Waals surface area contributed by atoms with E-state index in [0.717, 1.165) is 61.3 Å². The van der Waals surface area contributed by atoms with Gasteiger partial charge in [-0.2, -0.15) is 0 Å². The van der Waals surface area contributed by atoms with Gasteiger partial charge in [0.2, 0.25) is 0 Å². The van der Waals surface area contributed by atoms with Crippen molar-refractivity contribution in [1.82, 2.24) is 19.4 Å². The minimum atomic E-state index is -0.155. The zero-order valence-corrected chi connectivity index (χ0v) is 18.7. The number of aromatic amines is 1. The number of H-pyrrole nitrogens is 1. The topological polar surface area (TPSA) is 44.3 Å². The number of rotatable bonds is 7. The lowest BCUT2D eigenvalue weighted by Crippen LogP contribution is -2.48. The van der Waals surface area contributed by atoms with Gasteiger partial charge in [0.25, 0.3) is 0 Å². The molecule has 170 valence electrons. The van der Waals surface area contributed by atoms with E-state index in [1.807, 2.05) is 59.2 Å². The van der Waals surface area contributed by atoms with E-state index >= 15 is 0 Å². The second-order valence-corrected chi connectivity index (χ2v) is 8.66. The summed E-state index contributed by atoms with van der Waals surface area (Å²) in [6, 6.07) is 25.1. The first-order valence-electron chi connectivity index (χ1n) is 11.6. The van der Waals surface area contributed by atoms with Crippen molar-refractivity contribution in [3.63, 3.8) is 0 Å². The smallest absolute Gasteiger partial charge is 0.306 e. The van der Waals surface area contributed by atoms with Crippen molar-refractivity contribution >= 4 is 11.0 Å². The second kappa shape index (κ2) is 9.73. The lowest BCUT2D eigenvalue weighted by atomic mass is 9.96. The van der Waals surface area contributed by atoms with Crippen LogP contribution < -0.4 is 5.69 Å². The fourth-order valence-electron chi connectivity index (χ4n) is 4.95. The monoisotopic (exact) mass is 444 g/mol. The normalized spacial score (nSPS) is 16.3. The summed E-state index contributed by atoms with van der Waals surface area (Å²) >= 11 is 0. The second-order valence-electron chi connectivity index (χ2n) is 8.66. The molecular formula is C27H29FN4O. The van der Waals surface area contributed by atoms with Crippen molar-refractivity contribution in [3.8, 4) is 0 Å². The number of nitrogens with zero attached hydrogens (tertiary/aromatic N) is 3. The number of aromatic nitrogens is 2. The van der Waals surface area contributed by atoms with Crippen molar-refractivity contribution < 1.29 is 4.39 Å². The molecule has 0 saturated carbocycles. The highest BCUT2D eigenvalue weighted by Gasteiger charge is 2.28. The number of aryl methyl sites for hydroxylation is 1. The van der Waals surface area contributed by atoms with Crippen molar-refractivity contribution in [3.05, 3.63) is 106 Å². The molecule has 1 N–H and O–H groups in total. The Balaban J connectivity index is 1.23. The number of hydrogen-bond donors (Lipinski definition) is 1. The molecule has 0 bridgehead atoms. The molecular weight excluding hydrogens is 415 g/mol.